The molecule has 2 aromatic rings. The number of nitrogens with one attached hydrogen (secondary N) is 1. The number of nitrogens with zero attached hydrogens (tertiary/aromatic N) is 1. The average Bonchev–Trinajstić information content (AvgIpc) is 2.33. The van der Waals surface area contributed by atoms with Crippen molar-refractivity contribution in [2.24, 2.45) is 0 Å². The highest BCUT2D eigenvalue weighted by Crippen LogP contribution is 2.07. The molecule has 0 atom stereocenters. The van der Waals surface area contributed by atoms with Crippen LogP contribution < -0.4 is 5.32 Å². The number of halogens is 1. The van der Waals surface area contributed by atoms with Gasteiger partial charge in [-0.1, -0.05) is 35.9 Å². The molecule has 0 saturated carbocycles. The first kappa shape index (κ1) is 11.0. The van der Waals surface area contributed by atoms with E-state index in [1.807, 2.05) is 36.5 Å². The van der Waals surface area contributed by atoms with E-state index < -0.39 is 0 Å². The monoisotopic (exact) mass is 232 g/mol. The summed E-state index contributed by atoms with van der Waals surface area (Å²) in [5.41, 5.74) is 2.33. The summed E-state index contributed by atoms with van der Waals surface area (Å²) in [6.45, 7) is 0.896. The van der Waals surface area contributed by atoms with Crippen LogP contribution >= 0.6 is 11.6 Å². The van der Waals surface area contributed by atoms with Crippen LogP contribution in [0.2, 0.25) is 5.15 Å². The number of hydrogen-bond acceptors (Lipinski definition) is 2. The van der Waals surface area contributed by atoms with E-state index in [9.17, 15) is 0 Å². The molecular weight excluding hydrogens is 220 g/mol. The number of aromatic nitrogens is 1. The predicted molar refractivity (Wildman–Crippen MR) is 67.9 cm³/mol. The maximum atomic E-state index is 5.71. The Kier molecular flexibility index (Phi) is 3.78. The van der Waals surface area contributed by atoms with Crippen molar-refractivity contribution in [1.29, 1.82) is 0 Å². The quantitative estimate of drug-likeness (QED) is 0.818. The highest BCUT2D eigenvalue weighted by atomic mass is 35.5. The Balaban J connectivity index is 1.82. The fourth-order valence-corrected chi connectivity index (χ4v) is 1.57. The Morgan fingerprint density at radius 2 is 1.88 bits per heavy atom. The summed E-state index contributed by atoms with van der Waals surface area (Å²) in [5, 5.41) is 3.89. The Morgan fingerprint density at radius 3 is 2.56 bits per heavy atom. The van der Waals surface area contributed by atoms with E-state index in [1.54, 1.807) is 0 Å². The lowest BCUT2D eigenvalue weighted by atomic mass is 10.2. The van der Waals surface area contributed by atoms with Crippen LogP contribution in [0.15, 0.2) is 48.7 Å². The van der Waals surface area contributed by atoms with Gasteiger partial charge in [0.1, 0.15) is 5.15 Å². The van der Waals surface area contributed by atoms with Gasteiger partial charge in [-0.3, -0.25) is 0 Å². The van der Waals surface area contributed by atoms with Gasteiger partial charge in [0, 0.05) is 18.4 Å². The van der Waals surface area contributed by atoms with Gasteiger partial charge in [0.25, 0.3) is 0 Å². The molecule has 0 aliphatic rings. The molecule has 0 spiro atoms. The first-order chi connectivity index (χ1) is 7.84. The summed E-state index contributed by atoms with van der Waals surface area (Å²) in [7, 11) is 0. The van der Waals surface area contributed by atoms with Crippen LogP contribution in [0.25, 0.3) is 0 Å². The van der Waals surface area contributed by atoms with Crippen LogP contribution in [-0.2, 0) is 6.42 Å². The summed E-state index contributed by atoms with van der Waals surface area (Å²) in [6.07, 6.45) is 2.76. The van der Waals surface area contributed by atoms with Crippen molar-refractivity contribution >= 4 is 17.3 Å². The largest absolute Gasteiger partial charge is 0.385 e. The number of benzene rings is 1. The zero-order chi connectivity index (χ0) is 11.2. The molecular formula is C13H13ClN2. The number of pyridine rings is 1. The SMILES string of the molecule is Clc1ccc(CCNc2ccccc2)cn1. The van der Waals surface area contributed by atoms with Crippen LogP contribution in [0.4, 0.5) is 5.69 Å². The second kappa shape index (κ2) is 5.52. The van der Waals surface area contributed by atoms with Crippen LogP contribution in [0.3, 0.4) is 0 Å². The molecule has 1 N–H and O–H groups in total. The maximum absolute atomic E-state index is 5.71. The molecule has 0 unspecified atom stereocenters. The van der Waals surface area contributed by atoms with Gasteiger partial charge in [-0.2, -0.15) is 0 Å². The predicted octanol–water partition coefficient (Wildman–Crippen LogP) is 3.39. The van der Waals surface area contributed by atoms with Gasteiger partial charge in [-0.25, -0.2) is 4.98 Å². The summed E-state index contributed by atoms with van der Waals surface area (Å²) in [4.78, 5) is 4.04. The highest BCUT2D eigenvalue weighted by molar-refractivity contribution is 6.29. The molecule has 0 fully saturated rings. The molecule has 16 heavy (non-hydrogen) atoms. The highest BCUT2D eigenvalue weighted by Gasteiger charge is 1.94. The van der Waals surface area contributed by atoms with E-state index in [-0.39, 0.29) is 0 Å². The average molecular weight is 233 g/mol. The Bertz CT molecular complexity index is 425. The normalized spacial score (nSPS) is 10.1. The Hall–Kier alpha value is -1.54. The van der Waals surface area contributed by atoms with Crippen molar-refractivity contribution in [3.8, 4) is 0 Å². The van der Waals surface area contributed by atoms with Gasteiger partial charge in [0.05, 0.1) is 0 Å². The van der Waals surface area contributed by atoms with E-state index >= 15 is 0 Å². The number of rotatable bonds is 4. The van der Waals surface area contributed by atoms with Crippen LogP contribution in [0.1, 0.15) is 5.56 Å². The molecule has 1 aromatic carbocycles. The third-order valence-electron chi connectivity index (χ3n) is 2.31. The first-order valence-electron chi connectivity index (χ1n) is 5.24. The van der Waals surface area contributed by atoms with E-state index in [1.165, 1.54) is 5.56 Å². The molecule has 0 saturated heterocycles. The fraction of sp³-hybridized carbons (Fsp3) is 0.154. The number of anilines is 1. The van der Waals surface area contributed by atoms with E-state index in [0.717, 1.165) is 18.7 Å². The van der Waals surface area contributed by atoms with E-state index in [4.69, 9.17) is 11.6 Å². The van der Waals surface area contributed by atoms with E-state index in [0.29, 0.717) is 5.15 Å². The Labute approximate surface area is 100 Å². The molecule has 3 heteroatoms. The van der Waals surface area contributed by atoms with Gasteiger partial charge >= 0.3 is 0 Å². The summed E-state index contributed by atoms with van der Waals surface area (Å²) < 4.78 is 0. The second-order valence-electron chi connectivity index (χ2n) is 3.53. The molecule has 1 heterocycles. The van der Waals surface area contributed by atoms with Crippen LogP contribution in [0.5, 0.6) is 0 Å². The minimum absolute atomic E-state index is 0.541. The maximum Gasteiger partial charge on any atom is 0.129 e. The Morgan fingerprint density at radius 1 is 1.06 bits per heavy atom. The van der Waals surface area contributed by atoms with Gasteiger partial charge < -0.3 is 5.32 Å². The molecule has 0 amide bonds. The molecule has 0 bridgehead atoms. The molecule has 0 radical (unpaired) electrons. The third-order valence-corrected chi connectivity index (χ3v) is 2.53. The standard InChI is InChI=1S/C13H13ClN2/c14-13-7-6-11(10-16-13)8-9-15-12-4-2-1-3-5-12/h1-7,10,15H,8-9H2. The summed E-state index contributed by atoms with van der Waals surface area (Å²) in [5.74, 6) is 0. The van der Waals surface area contributed by atoms with Crippen LogP contribution in [0, 0.1) is 0 Å². The zero-order valence-electron chi connectivity index (χ0n) is 8.86. The van der Waals surface area contributed by atoms with Crippen molar-refractivity contribution in [2.75, 3.05) is 11.9 Å². The van der Waals surface area contributed by atoms with Crippen molar-refractivity contribution < 1.29 is 0 Å². The molecule has 2 nitrogen and oxygen atoms in total. The molecule has 0 aliphatic heterocycles. The minimum atomic E-state index is 0.541. The summed E-state index contributed by atoms with van der Waals surface area (Å²) in [6, 6.07) is 14.0. The third kappa shape index (κ3) is 3.24. The number of hydrogen-bond donors (Lipinski definition) is 1. The lowest BCUT2D eigenvalue weighted by molar-refractivity contribution is 1.01. The first-order valence-corrected chi connectivity index (χ1v) is 5.62. The van der Waals surface area contributed by atoms with Gasteiger partial charge in [-0.05, 0) is 30.2 Å². The van der Waals surface area contributed by atoms with Crippen molar-refractivity contribution in [3.05, 3.63) is 59.4 Å². The lowest BCUT2D eigenvalue weighted by Gasteiger charge is -2.05. The van der Waals surface area contributed by atoms with Crippen molar-refractivity contribution in [1.82, 2.24) is 4.98 Å². The number of para-hydroxylation sites is 1. The zero-order valence-corrected chi connectivity index (χ0v) is 9.61. The molecule has 1 aromatic heterocycles. The topological polar surface area (TPSA) is 24.9 Å². The smallest absolute Gasteiger partial charge is 0.129 e. The van der Waals surface area contributed by atoms with Crippen LogP contribution in [-0.4, -0.2) is 11.5 Å². The second-order valence-corrected chi connectivity index (χ2v) is 3.92. The molecule has 82 valence electrons. The minimum Gasteiger partial charge on any atom is -0.385 e. The van der Waals surface area contributed by atoms with Crippen molar-refractivity contribution in [2.45, 2.75) is 6.42 Å². The van der Waals surface area contributed by atoms with Gasteiger partial charge in [-0.15, -0.1) is 0 Å². The lowest BCUT2D eigenvalue weighted by Crippen LogP contribution is -2.04. The van der Waals surface area contributed by atoms with Gasteiger partial charge in [0.2, 0.25) is 0 Å². The molecule has 0 aliphatic carbocycles. The summed E-state index contributed by atoms with van der Waals surface area (Å²) >= 11 is 5.71. The van der Waals surface area contributed by atoms with Gasteiger partial charge in [0.15, 0.2) is 0 Å². The molecule has 2 rings (SSSR count). The van der Waals surface area contributed by atoms with E-state index in [2.05, 4.69) is 22.4 Å². The fourth-order valence-electron chi connectivity index (χ4n) is 1.46. The van der Waals surface area contributed by atoms with Crippen molar-refractivity contribution in [3.63, 3.8) is 0 Å².